The summed E-state index contributed by atoms with van der Waals surface area (Å²) in [6, 6.07) is 18.9. The summed E-state index contributed by atoms with van der Waals surface area (Å²) in [5.41, 5.74) is 1.72. The molecule has 0 radical (unpaired) electrons. The van der Waals surface area contributed by atoms with E-state index in [2.05, 4.69) is 25.0 Å². The first-order valence-corrected chi connectivity index (χ1v) is 18.4. The fourth-order valence-electron chi connectivity index (χ4n) is 7.55. The van der Waals surface area contributed by atoms with Crippen LogP contribution in [0.3, 0.4) is 0 Å². The number of ether oxygens (including phenoxy) is 3. The maximum atomic E-state index is 15.0. The van der Waals surface area contributed by atoms with Gasteiger partial charge in [0, 0.05) is 55.1 Å². The molecule has 2 aromatic heterocycles. The van der Waals surface area contributed by atoms with Gasteiger partial charge in [0.05, 0.1) is 31.5 Å². The highest BCUT2D eigenvalue weighted by Gasteiger charge is 2.44. The summed E-state index contributed by atoms with van der Waals surface area (Å²) < 4.78 is 50.7. The van der Waals surface area contributed by atoms with E-state index in [1.165, 1.54) is 34.0 Å². The zero-order valence-corrected chi connectivity index (χ0v) is 30.7. The molecule has 7 rings (SSSR count). The lowest BCUT2D eigenvalue weighted by Gasteiger charge is -2.37. The van der Waals surface area contributed by atoms with Crippen LogP contribution in [0, 0.1) is 17.6 Å². The molecular weight excluding hydrogens is 714 g/mol. The van der Waals surface area contributed by atoms with Crippen LogP contribution in [-0.2, 0) is 26.4 Å². The van der Waals surface area contributed by atoms with Crippen molar-refractivity contribution in [3.63, 3.8) is 0 Å². The fraction of sp³-hybridized carbons (Fsp3) is 0.410. The van der Waals surface area contributed by atoms with E-state index in [0.717, 1.165) is 49.4 Å². The lowest BCUT2D eigenvalue weighted by atomic mass is 9.87. The van der Waals surface area contributed by atoms with Crippen LogP contribution in [0.1, 0.15) is 38.3 Å². The molecule has 0 aliphatic carbocycles. The number of aromatic nitrogens is 6. The Morgan fingerprint density at radius 3 is 2.25 bits per heavy atom. The average Bonchev–Trinajstić information content (AvgIpc) is 3.96. The number of hydrogen-bond acceptors (Lipinski definition) is 11. The lowest BCUT2D eigenvalue weighted by Crippen LogP contribution is -2.46. The molecule has 4 heterocycles. The van der Waals surface area contributed by atoms with Crippen molar-refractivity contribution in [3.05, 3.63) is 113 Å². The SMILES string of the molecule is CCC(C(C)OC(=O)CO)n1ncn(-c2ccc(N3CCN(c4ccc(OCC5COC(Cn6cncn6)(c6ccc(F)cc6F)C5)cc4)CC3)cc2)c1=O. The molecule has 14 nitrogen and oxygen atoms in total. The van der Waals surface area contributed by atoms with E-state index in [1.54, 1.807) is 17.9 Å². The van der Waals surface area contributed by atoms with E-state index in [1.807, 2.05) is 55.5 Å². The number of benzene rings is 3. The highest BCUT2D eigenvalue weighted by molar-refractivity contribution is 5.70. The molecule has 2 saturated heterocycles. The zero-order chi connectivity index (χ0) is 38.5. The van der Waals surface area contributed by atoms with Crippen molar-refractivity contribution in [2.75, 3.05) is 55.8 Å². The van der Waals surface area contributed by atoms with Crippen LogP contribution in [0.2, 0.25) is 0 Å². The number of carbonyl (C=O) groups is 1. The van der Waals surface area contributed by atoms with Gasteiger partial charge in [-0.05, 0) is 74.4 Å². The Hall–Kier alpha value is -5.61. The molecule has 0 bridgehead atoms. The van der Waals surface area contributed by atoms with E-state index in [-0.39, 0.29) is 23.7 Å². The molecular formula is C39H44F2N8O6. The van der Waals surface area contributed by atoms with Crippen molar-refractivity contribution in [1.29, 1.82) is 0 Å². The van der Waals surface area contributed by atoms with Gasteiger partial charge in [0.25, 0.3) is 0 Å². The number of hydrogen-bond donors (Lipinski definition) is 1. The normalized spacial score (nSPS) is 19.7. The fourth-order valence-corrected chi connectivity index (χ4v) is 7.55. The van der Waals surface area contributed by atoms with Crippen molar-refractivity contribution in [3.8, 4) is 11.4 Å². The summed E-state index contributed by atoms with van der Waals surface area (Å²) in [6.45, 7) is 7.05. The first kappa shape index (κ1) is 37.7. The van der Waals surface area contributed by atoms with Crippen LogP contribution in [0.4, 0.5) is 20.2 Å². The molecule has 1 N–H and O–H groups in total. The number of esters is 1. The quantitative estimate of drug-likeness (QED) is 0.164. The molecule has 0 amide bonds. The van der Waals surface area contributed by atoms with Gasteiger partial charge in [0.15, 0.2) is 0 Å². The van der Waals surface area contributed by atoms with E-state index in [4.69, 9.17) is 19.3 Å². The number of nitrogens with zero attached hydrogens (tertiary/aromatic N) is 8. The molecule has 2 fully saturated rings. The molecule has 4 unspecified atom stereocenters. The average molecular weight is 759 g/mol. The van der Waals surface area contributed by atoms with Gasteiger partial charge in [-0.1, -0.05) is 13.0 Å². The van der Waals surface area contributed by atoms with Gasteiger partial charge in [-0.2, -0.15) is 10.2 Å². The largest absolute Gasteiger partial charge is 0.493 e. The van der Waals surface area contributed by atoms with Crippen molar-refractivity contribution in [1.82, 2.24) is 29.1 Å². The second-order valence-electron chi connectivity index (χ2n) is 13.9. The van der Waals surface area contributed by atoms with Gasteiger partial charge < -0.3 is 29.1 Å². The van der Waals surface area contributed by atoms with Gasteiger partial charge >= 0.3 is 11.7 Å². The summed E-state index contributed by atoms with van der Waals surface area (Å²) in [7, 11) is 0. The number of piperazine rings is 1. The highest BCUT2D eigenvalue weighted by atomic mass is 19.1. The van der Waals surface area contributed by atoms with Gasteiger partial charge in [-0.3, -0.25) is 0 Å². The van der Waals surface area contributed by atoms with Crippen LogP contribution in [0.25, 0.3) is 5.69 Å². The molecule has 0 spiro atoms. The number of rotatable bonds is 14. The molecule has 3 aromatic carbocycles. The molecule has 2 aliphatic heterocycles. The number of aliphatic hydroxyl groups excluding tert-OH is 1. The minimum atomic E-state index is -1.03. The number of aliphatic hydroxyl groups is 1. The smallest absolute Gasteiger partial charge is 0.350 e. The predicted octanol–water partition coefficient (Wildman–Crippen LogP) is 4.12. The topological polar surface area (TPSA) is 142 Å². The third-order valence-electron chi connectivity index (χ3n) is 10.4. The highest BCUT2D eigenvalue weighted by Crippen LogP contribution is 2.42. The van der Waals surface area contributed by atoms with Gasteiger partial charge in [0.2, 0.25) is 0 Å². The van der Waals surface area contributed by atoms with Gasteiger partial charge in [-0.15, -0.1) is 0 Å². The Morgan fingerprint density at radius 1 is 0.964 bits per heavy atom. The Labute approximate surface area is 316 Å². The van der Waals surface area contributed by atoms with Crippen molar-refractivity contribution < 1.29 is 32.9 Å². The molecule has 290 valence electrons. The van der Waals surface area contributed by atoms with Crippen LogP contribution in [0.15, 0.2) is 90.5 Å². The summed E-state index contributed by atoms with van der Waals surface area (Å²) in [4.78, 5) is 33.5. The summed E-state index contributed by atoms with van der Waals surface area (Å²) in [5.74, 6) is -1.36. The van der Waals surface area contributed by atoms with Crippen LogP contribution in [0.5, 0.6) is 5.75 Å². The molecule has 16 heteroatoms. The number of anilines is 2. The van der Waals surface area contributed by atoms with Crippen LogP contribution in [-0.4, -0.2) is 92.3 Å². The second-order valence-corrected chi connectivity index (χ2v) is 13.9. The van der Waals surface area contributed by atoms with Crippen LogP contribution < -0.4 is 20.2 Å². The van der Waals surface area contributed by atoms with Crippen molar-refractivity contribution in [2.24, 2.45) is 5.92 Å². The monoisotopic (exact) mass is 758 g/mol. The van der Waals surface area contributed by atoms with E-state index < -0.39 is 42.0 Å². The summed E-state index contributed by atoms with van der Waals surface area (Å²) >= 11 is 0. The molecule has 0 saturated carbocycles. The zero-order valence-electron chi connectivity index (χ0n) is 30.7. The second kappa shape index (κ2) is 16.4. The lowest BCUT2D eigenvalue weighted by molar-refractivity contribution is -0.153. The molecule has 5 aromatic rings. The van der Waals surface area contributed by atoms with E-state index in [0.29, 0.717) is 31.7 Å². The Kier molecular flexibility index (Phi) is 11.2. The number of carbonyl (C=O) groups excluding carboxylic acids is 1. The van der Waals surface area contributed by atoms with E-state index in [9.17, 15) is 18.4 Å². The standard InChI is InChI=1S/C39H44F2N8O6/c1-3-36(27(2)55-37(51)20-50)49-38(52)48(26-44-49)32-7-5-30(6-8-32)45-14-16-46(17-15-45)31-9-11-33(12-10-31)53-21-28-19-39(54-22-28,23-47-25-42-24-43-47)34-13-4-29(40)18-35(34)41/h4-13,18,24-28,36,50H,3,14-17,19-23H2,1-2H3. The third-order valence-corrected chi connectivity index (χ3v) is 10.4. The molecule has 55 heavy (non-hydrogen) atoms. The Bertz CT molecular complexity index is 2100. The van der Waals surface area contributed by atoms with Gasteiger partial charge in [0.1, 0.15) is 54.7 Å². The Morgan fingerprint density at radius 2 is 1.64 bits per heavy atom. The minimum Gasteiger partial charge on any atom is -0.493 e. The number of halogens is 2. The molecule has 4 atom stereocenters. The van der Waals surface area contributed by atoms with Gasteiger partial charge in [-0.25, -0.2) is 37.3 Å². The maximum absolute atomic E-state index is 15.0. The van der Waals surface area contributed by atoms with Crippen molar-refractivity contribution >= 4 is 17.3 Å². The third kappa shape index (κ3) is 8.24. The summed E-state index contributed by atoms with van der Waals surface area (Å²) in [6.07, 6.45) is 4.76. The first-order valence-electron chi connectivity index (χ1n) is 18.4. The predicted molar refractivity (Wildman–Crippen MR) is 198 cm³/mol. The minimum absolute atomic E-state index is 0.0262. The maximum Gasteiger partial charge on any atom is 0.350 e. The van der Waals surface area contributed by atoms with Crippen LogP contribution >= 0.6 is 0 Å². The van der Waals surface area contributed by atoms with Crippen molar-refractivity contribution in [2.45, 2.75) is 51.0 Å². The Balaban J connectivity index is 0.915. The summed E-state index contributed by atoms with van der Waals surface area (Å²) in [5, 5.41) is 17.5. The molecule has 2 aliphatic rings. The first-order chi connectivity index (χ1) is 26.7. The van der Waals surface area contributed by atoms with E-state index >= 15 is 0 Å².